The first kappa shape index (κ1) is 22.5. The van der Waals surface area contributed by atoms with E-state index in [2.05, 4.69) is 10.5 Å². The van der Waals surface area contributed by atoms with Gasteiger partial charge in [-0.15, -0.1) is 0 Å². The second-order valence-corrected chi connectivity index (χ2v) is 8.04. The van der Waals surface area contributed by atoms with E-state index in [1.807, 2.05) is 48.5 Å². The molecular formula is C25H21ClFN3O3. The third-order valence-corrected chi connectivity index (χ3v) is 5.47. The summed E-state index contributed by atoms with van der Waals surface area (Å²) >= 11 is 5.88. The van der Waals surface area contributed by atoms with Crippen LogP contribution >= 0.6 is 11.6 Å². The number of amides is 2. The minimum Gasteiger partial charge on any atom is -0.489 e. The summed E-state index contributed by atoms with van der Waals surface area (Å²) in [5.74, 6) is -0.720. The van der Waals surface area contributed by atoms with Crippen LogP contribution in [0.1, 0.15) is 17.5 Å². The van der Waals surface area contributed by atoms with Crippen molar-refractivity contribution in [2.24, 2.45) is 11.0 Å². The Morgan fingerprint density at radius 1 is 1.09 bits per heavy atom. The van der Waals surface area contributed by atoms with Crippen LogP contribution in [0.15, 0.2) is 77.9 Å². The number of carbonyl (C=O) groups is 2. The number of nitrogens with one attached hydrogen (secondary N) is 1. The Bertz CT molecular complexity index is 1150. The molecule has 168 valence electrons. The molecule has 1 N–H and O–H groups in total. The van der Waals surface area contributed by atoms with Crippen molar-refractivity contribution in [2.45, 2.75) is 13.0 Å². The first-order valence-electron chi connectivity index (χ1n) is 10.3. The summed E-state index contributed by atoms with van der Waals surface area (Å²) in [5, 5.41) is 4.67. The minimum atomic E-state index is -0.525. The summed E-state index contributed by atoms with van der Waals surface area (Å²) in [7, 11) is 0. The lowest BCUT2D eigenvalue weighted by molar-refractivity contribution is -0.126. The third-order valence-electron chi connectivity index (χ3n) is 5.22. The molecule has 1 aliphatic heterocycles. The predicted molar refractivity (Wildman–Crippen MR) is 125 cm³/mol. The average molecular weight is 466 g/mol. The highest BCUT2D eigenvalue weighted by molar-refractivity contribution is 6.30. The molecule has 1 aliphatic rings. The second-order valence-electron chi connectivity index (χ2n) is 7.60. The van der Waals surface area contributed by atoms with Crippen LogP contribution in [0, 0.1) is 11.7 Å². The smallest absolute Gasteiger partial charge is 0.245 e. The van der Waals surface area contributed by atoms with E-state index in [1.165, 1.54) is 35.4 Å². The summed E-state index contributed by atoms with van der Waals surface area (Å²) in [5.41, 5.74) is 4.85. The maximum Gasteiger partial charge on any atom is 0.245 e. The van der Waals surface area contributed by atoms with Gasteiger partial charge in [-0.25, -0.2) is 9.82 Å². The topological polar surface area (TPSA) is 71.0 Å². The molecule has 3 aromatic carbocycles. The number of benzene rings is 3. The van der Waals surface area contributed by atoms with Crippen molar-refractivity contribution < 1.29 is 18.7 Å². The van der Waals surface area contributed by atoms with Crippen LogP contribution in [0.4, 0.5) is 10.1 Å². The highest BCUT2D eigenvalue weighted by atomic mass is 35.5. The lowest BCUT2D eigenvalue weighted by Gasteiger charge is -2.16. The Hall–Kier alpha value is -3.71. The number of anilines is 1. The summed E-state index contributed by atoms with van der Waals surface area (Å²) < 4.78 is 18.8. The monoisotopic (exact) mass is 465 g/mol. The number of carbonyl (C=O) groups excluding carboxylic acids is 2. The molecule has 0 aliphatic carbocycles. The van der Waals surface area contributed by atoms with E-state index in [1.54, 1.807) is 0 Å². The Balaban J connectivity index is 1.26. The number of hydrogen-bond donors (Lipinski definition) is 1. The first-order chi connectivity index (χ1) is 16.0. The molecular weight excluding hydrogens is 445 g/mol. The van der Waals surface area contributed by atoms with Crippen molar-refractivity contribution in [2.75, 3.05) is 11.4 Å². The average Bonchev–Trinajstić information content (AvgIpc) is 3.22. The molecule has 0 aromatic heterocycles. The Morgan fingerprint density at radius 2 is 1.79 bits per heavy atom. The molecule has 4 rings (SSSR count). The van der Waals surface area contributed by atoms with Crippen LogP contribution in [-0.4, -0.2) is 24.6 Å². The van der Waals surface area contributed by atoms with Gasteiger partial charge < -0.3 is 9.64 Å². The van der Waals surface area contributed by atoms with Crippen molar-refractivity contribution in [3.8, 4) is 5.75 Å². The molecule has 1 heterocycles. The highest BCUT2D eigenvalue weighted by Crippen LogP contribution is 2.25. The number of halogens is 2. The Labute approximate surface area is 195 Å². The molecule has 6 nitrogen and oxygen atoms in total. The fraction of sp³-hybridized carbons (Fsp3) is 0.160. The van der Waals surface area contributed by atoms with Gasteiger partial charge in [0.05, 0.1) is 12.1 Å². The predicted octanol–water partition coefficient (Wildman–Crippen LogP) is 4.56. The van der Waals surface area contributed by atoms with Gasteiger partial charge in [0.15, 0.2) is 0 Å². The highest BCUT2D eigenvalue weighted by Gasteiger charge is 2.35. The van der Waals surface area contributed by atoms with Gasteiger partial charge in [-0.05, 0) is 71.8 Å². The number of hydrogen-bond acceptors (Lipinski definition) is 4. The summed E-state index contributed by atoms with van der Waals surface area (Å²) in [4.78, 5) is 26.2. The molecule has 8 heteroatoms. The van der Waals surface area contributed by atoms with Crippen molar-refractivity contribution in [1.29, 1.82) is 0 Å². The molecule has 3 aromatic rings. The third kappa shape index (κ3) is 5.96. The number of hydrazone groups is 1. The molecule has 0 bridgehead atoms. The molecule has 2 amide bonds. The minimum absolute atomic E-state index is 0.0817. The lowest BCUT2D eigenvalue weighted by atomic mass is 10.1. The number of ether oxygens (including phenoxy) is 1. The summed E-state index contributed by atoms with van der Waals surface area (Å²) in [6, 6.07) is 20.3. The first-order valence-corrected chi connectivity index (χ1v) is 10.7. The van der Waals surface area contributed by atoms with E-state index in [0.717, 1.165) is 11.1 Å². The normalized spacial score (nSPS) is 15.8. The second kappa shape index (κ2) is 10.3. The largest absolute Gasteiger partial charge is 0.489 e. The fourth-order valence-corrected chi connectivity index (χ4v) is 3.54. The standard InChI is InChI=1S/C25H21ClFN3O3/c26-20-5-1-18(2-6-20)16-33-23-11-3-17(4-12-23)14-28-29-25(32)19-13-24(31)30(15-19)22-9-7-21(27)8-10-22/h1-12,14,19H,13,15-16H2,(H,29,32)/b28-14-/t19-/m1/s1. The Morgan fingerprint density at radius 3 is 2.48 bits per heavy atom. The van der Waals surface area contributed by atoms with Gasteiger partial charge in [0, 0.05) is 23.7 Å². The molecule has 0 radical (unpaired) electrons. The van der Waals surface area contributed by atoms with Gasteiger partial charge in [0.1, 0.15) is 18.2 Å². The van der Waals surface area contributed by atoms with Crippen LogP contribution in [-0.2, 0) is 16.2 Å². The zero-order valence-electron chi connectivity index (χ0n) is 17.6. The van der Waals surface area contributed by atoms with E-state index < -0.39 is 5.92 Å². The molecule has 33 heavy (non-hydrogen) atoms. The van der Waals surface area contributed by atoms with E-state index >= 15 is 0 Å². The molecule has 1 saturated heterocycles. The molecule has 1 fully saturated rings. The van der Waals surface area contributed by atoms with Gasteiger partial charge in [-0.3, -0.25) is 9.59 Å². The zero-order chi connectivity index (χ0) is 23.2. The quantitative estimate of drug-likeness (QED) is 0.410. The van der Waals surface area contributed by atoms with Crippen LogP contribution in [0.5, 0.6) is 5.75 Å². The van der Waals surface area contributed by atoms with E-state index in [0.29, 0.717) is 23.1 Å². The fourth-order valence-electron chi connectivity index (χ4n) is 3.41. The summed E-state index contributed by atoms with van der Waals surface area (Å²) in [6.45, 7) is 0.654. The number of rotatable bonds is 7. The number of nitrogens with zero attached hydrogens (tertiary/aromatic N) is 2. The van der Waals surface area contributed by atoms with Crippen LogP contribution in [0.3, 0.4) is 0 Å². The molecule has 1 atom stereocenters. The maximum atomic E-state index is 13.1. The van der Waals surface area contributed by atoms with Gasteiger partial charge in [-0.1, -0.05) is 23.7 Å². The van der Waals surface area contributed by atoms with E-state index in [-0.39, 0.29) is 30.6 Å². The SMILES string of the molecule is O=C(N/N=C\c1ccc(OCc2ccc(Cl)cc2)cc1)[C@@H]1CC(=O)N(c2ccc(F)cc2)C1. The zero-order valence-corrected chi connectivity index (χ0v) is 18.3. The van der Waals surface area contributed by atoms with Crippen molar-refractivity contribution in [3.63, 3.8) is 0 Å². The van der Waals surface area contributed by atoms with Gasteiger partial charge in [0.25, 0.3) is 0 Å². The molecule has 0 spiro atoms. The van der Waals surface area contributed by atoms with Crippen LogP contribution in [0.25, 0.3) is 0 Å². The summed E-state index contributed by atoms with van der Waals surface area (Å²) in [6.07, 6.45) is 1.60. The van der Waals surface area contributed by atoms with Gasteiger partial charge in [-0.2, -0.15) is 5.10 Å². The molecule has 0 unspecified atom stereocenters. The van der Waals surface area contributed by atoms with Crippen molar-refractivity contribution in [3.05, 3.63) is 94.8 Å². The maximum absolute atomic E-state index is 13.1. The van der Waals surface area contributed by atoms with Crippen molar-refractivity contribution >= 4 is 35.3 Å². The van der Waals surface area contributed by atoms with E-state index in [9.17, 15) is 14.0 Å². The van der Waals surface area contributed by atoms with Crippen LogP contribution in [0.2, 0.25) is 5.02 Å². The van der Waals surface area contributed by atoms with Crippen LogP contribution < -0.4 is 15.1 Å². The lowest BCUT2D eigenvalue weighted by Crippen LogP contribution is -2.30. The van der Waals surface area contributed by atoms with Gasteiger partial charge in [0.2, 0.25) is 11.8 Å². The van der Waals surface area contributed by atoms with Gasteiger partial charge >= 0.3 is 0 Å². The Kier molecular flexibility index (Phi) is 7.00. The van der Waals surface area contributed by atoms with Crippen molar-refractivity contribution in [1.82, 2.24) is 5.43 Å². The van der Waals surface area contributed by atoms with E-state index in [4.69, 9.17) is 16.3 Å². The molecule has 0 saturated carbocycles.